The van der Waals surface area contributed by atoms with Crippen molar-refractivity contribution >= 4 is 11.0 Å². The summed E-state index contributed by atoms with van der Waals surface area (Å²) in [5.41, 5.74) is 3.33. The molecule has 2 heterocycles. The Morgan fingerprint density at radius 2 is 2.00 bits per heavy atom. The molecule has 1 aliphatic rings. The highest BCUT2D eigenvalue weighted by molar-refractivity contribution is 5.76. The number of fused-ring (bicyclic) bond motifs is 1. The Labute approximate surface area is 102 Å². The molecule has 1 aliphatic heterocycles. The van der Waals surface area contributed by atoms with Gasteiger partial charge in [0.1, 0.15) is 0 Å². The zero-order chi connectivity index (χ0) is 11.7. The highest BCUT2D eigenvalue weighted by Crippen LogP contribution is 2.15. The number of rotatable bonds is 3. The molecule has 1 aromatic carbocycles. The largest absolute Gasteiger partial charge is 0.329 e. The molecule has 89 valence electrons. The SMILES string of the molecule is [CH2]c1ccc2ncn(CCN3CCCC3)c2c1. The fourth-order valence-corrected chi connectivity index (χ4v) is 2.54. The maximum atomic E-state index is 4.42. The number of hydrogen-bond acceptors (Lipinski definition) is 2. The molecule has 1 radical (unpaired) electrons. The lowest BCUT2D eigenvalue weighted by atomic mass is 10.2. The number of likely N-dealkylation sites (tertiary alicyclic amines) is 1. The van der Waals surface area contributed by atoms with E-state index in [4.69, 9.17) is 0 Å². The van der Waals surface area contributed by atoms with E-state index in [1.165, 1.54) is 31.4 Å². The molecule has 0 amide bonds. The second-order valence-corrected chi connectivity index (χ2v) is 4.81. The number of imidazole rings is 1. The van der Waals surface area contributed by atoms with Crippen molar-refractivity contribution in [3.63, 3.8) is 0 Å². The van der Waals surface area contributed by atoms with Crippen LogP contribution in [-0.4, -0.2) is 34.1 Å². The number of benzene rings is 1. The summed E-state index contributed by atoms with van der Waals surface area (Å²) in [7, 11) is 0. The fraction of sp³-hybridized carbons (Fsp3) is 0.429. The molecular formula is C14H18N3. The van der Waals surface area contributed by atoms with E-state index in [0.29, 0.717) is 0 Å². The van der Waals surface area contributed by atoms with Gasteiger partial charge >= 0.3 is 0 Å². The minimum atomic E-state index is 1.03. The van der Waals surface area contributed by atoms with Crippen molar-refractivity contribution in [1.29, 1.82) is 0 Å². The number of aromatic nitrogens is 2. The zero-order valence-corrected chi connectivity index (χ0v) is 10.1. The van der Waals surface area contributed by atoms with Crippen molar-refractivity contribution in [2.75, 3.05) is 19.6 Å². The van der Waals surface area contributed by atoms with E-state index < -0.39 is 0 Å². The Morgan fingerprint density at radius 3 is 2.82 bits per heavy atom. The van der Waals surface area contributed by atoms with Gasteiger partial charge in [-0.2, -0.15) is 0 Å². The summed E-state index contributed by atoms with van der Waals surface area (Å²) in [6, 6.07) is 6.18. The molecule has 0 aliphatic carbocycles. The number of hydrogen-bond donors (Lipinski definition) is 0. The molecule has 3 nitrogen and oxygen atoms in total. The van der Waals surface area contributed by atoms with Gasteiger partial charge in [0.25, 0.3) is 0 Å². The van der Waals surface area contributed by atoms with Crippen LogP contribution < -0.4 is 0 Å². The van der Waals surface area contributed by atoms with Crippen LogP contribution in [-0.2, 0) is 6.54 Å². The van der Waals surface area contributed by atoms with Gasteiger partial charge in [-0.25, -0.2) is 4.98 Å². The lowest BCUT2D eigenvalue weighted by Crippen LogP contribution is -2.23. The van der Waals surface area contributed by atoms with Crippen molar-refractivity contribution in [1.82, 2.24) is 14.5 Å². The van der Waals surface area contributed by atoms with Crippen LogP contribution in [0, 0.1) is 6.92 Å². The molecular weight excluding hydrogens is 210 g/mol. The van der Waals surface area contributed by atoms with Crippen molar-refractivity contribution in [2.24, 2.45) is 0 Å². The van der Waals surface area contributed by atoms with Crippen LogP contribution in [0.1, 0.15) is 18.4 Å². The van der Waals surface area contributed by atoms with Crippen LogP contribution >= 0.6 is 0 Å². The zero-order valence-electron chi connectivity index (χ0n) is 10.1. The Morgan fingerprint density at radius 1 is 1.18 bits per heavy atom. The molecule has 3 heteroatoms. The first-order chi connectivity index (χ1) is 8.33. The van der Waals surface area contributed by atoms with Gasteiger partial charge < -0.3 is 9.47 Å². The third kappa shape index (κ3) is 2.20. The minimum Gasteiger partial charge on any atom is -0.329 e. The van der Waals surface area contributed by atoms with Crippen LogP contribution in [0.15, 0.2) is 24.5 Å². The first-order valence-corrected chi connectivity index (χ1v) is 6.32. The molecule has 3 rings (SSSR count). The van der Waals surface area contributed by atoms with Crippen LogP contribution in [0.3, 0.4) is 0 Å². The van der Waals surface area contributed by atoms with Gasteiger partial charge in [-0.15, -0.1) is 0 Å². The predicted molar refractivity (Wildman–Crippen MR) is 69.9 cm³/mol. The van der Waals surface area contributed by atoms with Crippen LogP contribution in [0.4, 0.5) is 0 Å². The summed E-state index contributed by atoms with van der Waals surface area (Å²) in [5.74, 6) is 0. The summed E-state index contributed by atoms with van der Waals surface area (Å²) in [6.07, 6.45) is 4.65. The van der Waals surface area contributed by atoms with Crippen molar-refractivity contribution < 1.29 is 0 Å². The van der Waals surface area contributed by atoms with Gasteiger partial charge in [-0.05, 0) is 50.6 Å². The second-order valence-electron chi connectivity index (χ2n) is 4.81. The van der Waals surface area contributed by atoms with E-state index in [2.05, 4.69) is 27.4 Å². The third-order valence-electron chi connectivity index (χ3n) is 3.54. The van der Waals surface area contributed by atoms with Crippen LogP contribution in [0.5, 0.6) is 0 Å². The average molecular weight is 228 g/mol. The van der Waals surface area contributed by atoms with Crippen LogP contribution in [0.25, 0.3) is 11.0 Å². The normalized spacial score (nSPS) is 17.0. The first kappa shape index (κ1) is 10.8. The molecule has 1 aromatic heterocycles. The van der Waals surface area contributed by atoms with Crippen molar-refractivity contribution in [3.05, 3.63) is 37.0 Å². The summed E-state index contributed by atoms with van der Waals surface area (Å²) in [4.78, 5) is 6.95. The van der Waals surface area contributed by atoms with E-state index in [1.807, 2.05) is 18.5 Å². The van der Waals surface area contributed by atoms with Gasteiger partial charge in [-0.1, -0.05) is 6.07 Å². The fourth-order valence-electron chi connectivity index (χ4n) is 2.54. The standard InChI is InChI=1S/C14H18N3/c1-12-4-5-13-14(10-12)17(11-15-13)9-8-16-6-2-3-7-16/h4-5,10-11H,1-3,6-9H2. The molecule has 1 saturated heterocycles. The summed E-state index contributed by atoms with van der Waals surface area (Å²) in [6.45, 7) is 8.65. The molecule has 0 saturated carbocycles. The van der Waals surface area contributed by atoms with Gasteiger partial charge in [0, 0.05) is 13.1 Å². The first-order valence-electron chi connectivity index (χ1n) is 6.32. The number of nitrogens with zero attached hydrogens (tertiary/aromatic N) is 3. The summed E-state index contributed by atoms with van der Waals surface area (Å²) < 4.78 is 2.24. The quantitative estimate of drug-likeness (QED) is 0.804. The Hall–Kier alpha value is -1.35. The molecule has 0 spiro atoms. The average Bonchev–Trinajstić information content (AvgIpc) is 2.94. The highest BCUT2D eigenvalue weighted by atomic mass is 15.2. The monoisotopic (exact) mass is 228 g/mol. The van der Waals surface area contributed by atoms with Gasteiger partial charge in [0.2, 0.25) is 0 Å². The highest BCUT2D eigenvalue weighted by Gasteiger charge is 2.11. The maximum Gasteiger partial charge on any atom is 0.0958 e. The van der Waals surface area contributed by atoms with E-state index in [0.717, 1.165) is 24.2 Å². The predicted octanol–water partition coefficient (Wildman–Crippen LogP) is 2.31. The van der Waals surface area contributed by atoms with Crippen molar-refractivity contribution in [3.8, 4) is 0 Å². The third-order valence-corrected chi connectivity index (χ3v) is 3.54. The summed E-state index contributed by atoms with van der Waals surface area (Å²) >= 11 is 0. The van der Waals surface area contributed by atoms with Gasteiger partial charge in [-0.3, -0.25) is 0 Å². The Bertz CT molecular complexity index is 509. The van der Waals surface area contributed by atoms with Gasteiger partial charge in [0.15, 0.2) is 0 Å². The van der Waals surface area contributed by atoms with Gasteiger partial charge in [0.05, 0.1) is 17.4 Å². The summed E-state index contributed by atoms with van der Waals surface area (Å²) in [5, 5.41) is 0. The molecule has 0 atom stereocenters. The lowest BCUT2D eigenvalue weighted by molar-refractivity contribution is 0.324. The minimum absolute atomic E-state index is 1.03. The molecule has 17 heavy (non-hydrogen) atoms. The topological polar surface area (TPSA) is 21.1 Å². The second kappa shape index (κ2) is 4.49. The smallest absolute Gasteiger partial charge is 0.0958 e. The van der Waals surface area contributed by atoms with E-state index in [1.54, 1.807) is 0 Å². The molecule has 1 fully saturated rings. The Balaban J connectivity index is 1.77. The maximum absolute atomic E-state index is 4.42. The molecule has 0 unspecified atom stereocenters. The van der Waals surface area contributed by atoms with Crippen molar-refractivity contribution in [2.45, 2.75) is 19.4 Å². The molecule has 0 N–H and O–H groups in total. The van der Waals surface area contributed by atoms with E-state index in [-0.39, 0.29) is 0 Å². The van der Waals surface area contributed by atoms with E-state index >= 15 is 0 Å². The lowest BCUT2D eigenvalue weighted by Gasteiger charge is -2.14. The molecule has 2 aromatic rings. The van der Waals surface area contributed by atoms with Crippen LogP contribution in [0.2, 0.25) is 0 Å². The Kier molecular flexibility index (Phi) is 2.85. The van der Waals surface area contributed by atoms with E-state index in [9.17, 15) is 0 Å². The molecule has 0 bridgehead atoms.